The number of hydrogen-bond acceptors (Lipinski definition) is 3. The van der Waals surface area contributed by atoms with Gasteiger partial charge in [0.15, 0.2) is 0 Å². The van der Waals surface area contributed by atoms with Crippen LogP contribution in [0.5, 0.6) is 0 Å². The van der Waals surface area contributed by atoms with Crippen LogP contribution in [0.1, 0.15) is 18.4 Å². The largest absolute Gasteiger partial charge is 0.370 e. The number of carbonyl (C=O) groups is 1. The second-order valence-corrected chi connectivity index (χ2v) is 5.48. The van der Waals surface area contributed by atoms with E-state index in [2.05, 4.69) is 11.0 Å². The van der Waals surface area contributed by atoms with Crippen molar-refractivity contribution in [3.63, 3.8) is 0 Å². The predicted octanol–water partition coefficient (Wildman–Crippen LogP) is 2.41. The first-order chi connectivity index (χ1) is 10.2. The summed E-state index contributed by atoms with van der Waals surface area (Å²) in [5, 5.41) is 11.2. The van der Waals surface area contributed by atoms with Crippen LogP contribution in [0, 0.1) is 17.2 Å². The summed E-state index contributed by atoms with van der Waals surface area (Å²) < 4.78 is 0. The Labute approximate surface area is 123 Å². The number of anilines is 1. The third kappa shape index (κ3) is 2.43. The lowest BCUT2D eigenvalue weighted by Crippen LogP contribution is -2.41. The van der Waals surface area contributed by atoms with Crippen LogP contribution in [0.3, 0.4) is 0 Å². The molecule has 0 spiro atoms. The van der Waals surface area contributed by atoms with Crippen LogP contribution in [0.25, 0.3) is 10.8 Å². The average molecular weight is 279 g/mol. The zero-order valence-corrected chi connectivity index (χ0v) is 11.7. The minimum Gasteiger partial charge on any atom is -0.370 e. The van der Waals surface area contributed by atoms with E-state index < -0.39 is 0 Å². The van der Waals surface area contributed by atoms with Gasteiger partial charge in [0.25, 0.3) is 0 Å². The van der Waals surface area contributed by atoms with Crippen molar-refractivity contribution in [1.29, 1.82) is 5.26 Å². The zero-order valence-electron chi connectivity index (χ0n) is 11.7. The lowest BCUT2D eigenvalue weighted by Gasteiger charge is -2.33. The Kier molecular flexibility index (Phi) is 3.49. The molecule has 0 bridgehead atoms. The number of rotatable bonds is 2. The number of nitrogens with zero attached hydrogens (tertiary/aromatic N) is 2. The van der Waals surface area contributed by atoms with Crippen LogP contribution >= 0.6 is 0 Å². The van der Waals surface area contributed by atoms with Crippen LogP contribution in [-0.4, -0.2) is 19.0 Å². The van der Waals surface area contributed by atoms with E-state index in [4.69, 9.17) is 5.73 Å². The number of primary amides is 1. The summed E-state index contributed by atoms with van der Waals surface area (Å²) in [4.78, 5) is 13.7. The van der Waals surface area contributed by atoms with E-state index in [0.29, 0.717) is 12.1 Å². The molecule has 1 amide bonds. The monoisotopic (exact) mass is 279 g/mol. The van der Waals surface area contributed by atoms with Gasteiger partial charge in [0.2, 0.25) is 5.91 Å². The van der Waals surface area contributed by atoms with Gasteiger partial charge in [-0.05, 0) is 25.0 Å². The average Bonchev–Trinajstić information content (AvgIpc) is 2.54. The molecule has 2 aromatic carbocycles. The van der Waals surface area contributed by atoms with Crippen LogP contribution in [0.2, 0.25) is 0 Å². The highest BCUT2D eigenvalue weighted by Crippen LogP contribution is 2.32. The molecule has 1 saturated heterocycles. The van der Waals surface area contributed by atoms with Gasteiger partial charge in [-0.25, -0.2) is 0 Å². The summed E-state index contributed by atoms with van der Waals surface area (Å²) in [6.07, 6.45) is 1.82. The van der Waals surface area contributed by atoms with Gasteiger partial charge in [0.05, 0.1) is 17.6 Å². The van der Waals surface area contributed by atoms with Crippen LogP contribution in [0.15, 0.2) is 36.4 Å². The van der Waals surface area contributed by atoms with Crippen LogP contribution in [-0.2, 0) is 4.79 Å². The first-order valence-electron chi connectivity index (χ1n) is 7.17. The Hall–Kier alpha value is -2.54. The Balaban J connectivity index is 2.05. The summed E-state index contributed by atoms with van der Waals surface area (Å²) in [5.41, 5.74) is 7.21. The van der Waals surface area contributed by atoms with Crippen molar-refractivity contribution in [1.82, 2.24) is 0 Å². The van der Waals surface area contributed by atoms with Gasteiger partial charge in [-0.3, -0.25) is 4.79 Å². The zero-order chi connectivity index (χ0) is 14.8. The van der Waals surface area contributed by atoms with E-state index in [1.807, 2.05) is 36.4 Å². The SMILES string of the molecule is N#Cc1ccc(N2CCCC(C(N)=O)C2)c2ccccc12. The molecule has 0 aromatic heterocycles. The van der Waals surface area contributed by atoms with E-state index in [9.17, 15) is 10.1 Å². The first-order valence-corrected chi connectivity index (χ1v) is 7.17. The summed E-state index contributed by atoms with van der Waals surface area (Å²) in [6.45, 7) is 1.57. The van der Waals surface area contributed by atoms with Crippen LogP contribution in [0.4, 0.5) is 5.69 Å². The Morgan fingerprint density at radius 1 is 1.24 bits per heavy atom. The molecule has 4 heteroatoms. The molecule has 1 aliphatic heterocycles. The quantitative estimate of drug-likeness (QED) is 0.917. The van der Waals surface area contributed by atoms with Crippen molar-refractivity contribution in [2.75, 3.05) is 18.0 Å². The fraction of sp³-hybridized carbons (Fsp3) is 0.294. The topological polar surface area (TPSA) is 70.1 Å². The molecule has 106 valence electrons. The predicted molar refractivity (Wildman–Crippen MR) is 82.8 cm³/mol. The fourth-order valence-electron chi connectivity index (χ4n) is 3.08. The van der Waals surface area contributed by atoms with Crippen molar-refractivity contribution >= 4 is 22.4 Å². The van der Waals surface area contributed by atoms with Gasteiger partial charge in [0, 0.05) is 29.5 Å². The number of nitriles is 1. The molecular weight excluding hydrogens is 262 g/mol. The molecule has 4 nitrogen and oxygen atoms in total. The van der Waals surface area contributed by atoms with Gasteiger partial charge in [-0.2, -0.15) is 5.26 Å². The van der Waals surface area contributed by atoms with Crippen molar-refractivity contribution < 1.29 is 4.79 Å². The molecule has 3 rings (SSSR count). The number of carbonyl (C=O) groups excluding carboxylic acids is 1. The highest BCUT2D eigenvalue weighted by molar-refractivity contribution is 5.98. The number of nitrogens with two attached hydrogens (primary N) is 1. The molecule has 1 heterocycles. The number of piperidine rings is 1. The summed E-state index contributed by atoms with van der Waals surface area (Å²) in [5.74, 6) is -0.314. The maximum atomic E-state index is 11.4. The number of benzene rings is 2. The smallest absolute Gasteiger partial charge is 0.222 e. The summed E-state index contributed by atoms with van der Waals surface area (Å²) in [6, 6.07) is 14.0. The van der Waals surface area contributed by atoms with Gasteiger partial charge in [-0.1, -0.05) is 24.3 Å². The Morgan fingerprint density at radius 2 is 2.00 bits per heavy atom. The molecule has 2 N–H and O–H groups in total. The third-order valence-corrected chi connectivity index (χ3v) is 4.19. The molecule has 21 heavy (non-hydrogen) atoms. The van der Waals surface area contributed by atoms with E-state index in [1.54, 1.807) is 0 Å². The van der Waals surface area contributed by atoms with Crippen molar-refractivity contribution in [3.05, 3.63) is 42.0 Å². The molecule has 0 radical (unpaired) electrons. The maximum Gasteiger partial charge on any atom is 0.222 e. The molecular formula is C17H17N3O. The van der Waals surface area contributed by atoms with E-state index in [1.165, 1.54) is 0 Å². The number of fused-ring (bicyclic) bond motifs is 1. The van der Waals surface area contributed by atoms with E-state index in [-0.39, 0.29) is 11.8 Å². The molecule has 2 aromatic rings. The summed E-state index contributed by atoms with van der Waals surface area (Å²) >= 11 is 0. The minimum atomic E-state index is -0.224. The van der Waals surface area contributed by atoms with Gasteiger partial charge in [-0.15, -0.1) is 0 Å². The third-order valence-electron chi connectivity index (χ3n) is 4.19. The normalized spacial score (nSPS) is 18.4. The standard InChI is InChI=1S/C17H17N3O/c18-10-12-7-8-16(15-6-2-1-5-14(12)15)20-9-3-4-13(11-20)17(19)21/h1-2,5-8,13H,3-4,9,11H2,(H2,19,21). The number of amides is 1. The Bertz CT molecular complexity index is 732. The lowest BCUT2D eigenvalue weighted by atomic mass is 9.95. The Morgan fingerprint density at radius 3 is 2.71 bits per heavy atom. The molecule has 1 aliphatic rings. The second-order valence-electron chi connectivity index (χ2n) is 5.48. The van der Waals surface area contributed by atoms with Gasteiger partial charge >= 0.3 is 0 Å². The van der Waals surface area contributed by atoms with Crippen molar-refractivity contribution in [3.8, 4) is 6.07 Å². The second kappa shape index (κ2) is 5.45. The van der Waals surface area contributed by atoms with E-state index >= 15 is 0 Å². The highest BCUT2D eigenvalue weighted by Gasteiger charge is 2.25. The number of hydrogen-bond donors (Lipinski definition) is 1. The minimum absolute atomic E-state index is 0.0897. The molecule has 1 fully saturated rings. The van der Waals surface area contributed by atoms with Gasteiger partial charge in [0.1, 0.15) is 0 Å². The molecule has 1 unspecified atom stereocenters. The van der Waals surface area contributed by atoms with Crippen molar-refractivity contribution in [2.24, 2.45) is 11.7 Å². The van der Waals surface area contributed by atoms with Gasteiger partial charge < -0.3 is 10.6 Å². The van der Waals surface area contributed by atoms with Crippen molar-refractivity contribution in [2.45, 2.75) is 12.8 Å². The molecule has 0 aliphatic carbocycles. The summed E-state index contributed by atoms with van der Waals surface area (Å²) in [7, 11) is 0. The highest BCUT2D eigenvalue weighted by atomic mass is 16.1. The first kappa shape index (κ1) is 13.4. The van der Waals surface area contributed by atoms with E-state index in [0.717, 1.165) is 35.8 Å². The molecule has 1 atom stereocenters. The maximum absolute atomic E-state index is 11.4. The molecule has 0 saturated carbocycles. The fourth-order valence-corrected chi connectivity index (χ4v) is 3.08. The van der Waals surface area contributed by atoms with Crippen LogP contribution < -0.4 is 10.6 Å². The lowest BCUT2D eigenvalue weighted by molar-refractivity contribution is -0.122.